The molecule has 0 spiro atoms. The Labute approximate surface area is 128 Å². The standard InChI is InChI=1S/C16H30N2O3/c1-3-7-13(10-12-8-5-4-6-9-12)16(20)18-14(11-21-2)15(17)19/h12-14H,3-11H2,1-2H3,(H2,17,19)(H,18,20)/t13-,14+/m0/s1. The lowest BCUT2D eigenvalue weighted by Gasteiger charge is -2.27. The molecule has 1 aliphatic carbocycles. The molecule has 0 aromatic heterocycles. The van der Waals surface area contributed by atoms with Gasteiger partial charge < -0.3 is 15.8 Å². The SMILES string of the molecule is CCC[C@@H](CC1CCCCC1)C(=O)N[C@H](COC)C(N)=O. The lowest BCUT2D eigenvalue weighted by molar-refractivity contribution is -0.131. The number of ether oxygens (including phenoxy) is 1. The van der Waals surface area contributed by atoms with E-state index in [2.05, 4.69) is 12.2 Å². The first-order valence-corrected chi connectivity index (χ1v) is 8.17. The largest absolute Gasteiger partial charge is 0.382 e. The molecule has 1 rings (SSSR count). The van der Waals surface area contributed by atoms with Crippen LogP contribution in [0.2, 0.25) is 0 Å². The van der Waals surface area contributed by atoms with Crippen LogP contribution >= 0.6 is 0 Å². The van der Waals surface area contributed by atoms with Crippen molar-refractivity contribution in [2.45, 2.75) is 64.3 Å². The van der Waals surface area contributed by atoms with E-state index in [1.165, 1.54) is 39.2 Å². The molecule has 0 saturated heterocycles. The van der Waals surface area contributed by atoms with Gasteiger partial charge in [0, 0.05) is 13.0 Å². The number of nitrogens with two attached hydrogens (primary N) is 1. The lowest BCUT2D eigenvalue weighted by Crippen LogP contribution is -2.49. The molecule has 5 nitrogen and oxygen atoms in total. The van der Waals surface area contributed by atoms with Gasteiger partial charge in [-0.2, -0.15) is 0 Å². The van der Waals surface area contributed by atoms with Crippen molar-refractivity contribution in [2.24, 2.45) is 17.6 Å². The number of hydrogen-bond donors (Lipinski definition) is 2. The summed E-state index contributed by atoms with van der Waals surface area (Å²) >= 11 is 0. The lowest BCUT2D eigenvalue weighted by atomic mass is 9.81. The van der Waals surface area contributed by atoms with Crippen LogP contribution in [0.5, 0.6) is 0 Å². The summed E-state index contributed by atoms with van der Waals surface area (Å²) in [7, 11) is 1.49. The first kappa shape index (κ1) is 18.0. The summed E-state index contributed by atoms with van der Waals surface area (Å²) in [5.41, 5.74) is 5.30. The summed E-state index contributed by atoms with van der Waals surface area (Å²) in [5.74, 6) is 0.0358. The fraction of sp³-hybridized carbons (Fsp3) is 0.875. The van der Waals surface area contributed by atoms with Crippen molar-refractivity contribution in [3.63, 3.8) is 0 Å². The van der Waals surface area contributed by atoms with Gasteiger partial charge in [-0.25, -0.2) is 0 Å². The van der Waals surface area contributed by atoms with Crippen molar-refractivity contribution in [1.82, 2.24) is 5.32 Å². The molecular weight excluding hydrogens is 268 g/mol. The molecule has 0 heterocycles. The number of nitrogens with one attached hydrogen (secondary N) is 1. The predicted molar refractivity (Wildman–Crippen MR) is 82.6 cm³/mol. The average molecular weight is 298 g/mol. The molecule has 0 radical (unpaired) electrons. The third-order valence-electron chi connectivity index (χ3n) is 4.34. The van der Waals surface area contributed by atoms with Crippen molar-refractivity contribution in [3.05, 3.63) is 0 Å². The smallest absolute Gasteiger partial charge is 0.242 e. The summed E-state index contributed by atoms with van der Waals surface area (Å²) in [6, 6.07) is -0.729. The van der Waals surface area contributed by atoms with E-state index >= 15 is 0 Å². The van der Waals surface area contributed by atoms with Crippen LogP contribution in [0.4, 0.5) is 0 Å². The van der Waals surface area contributed by atoms with Crippen LogP contribution < -0.4 is 11.1 Å². The third-order valence-corrected chi connectivity index (χ3v) is 4.34. The van der Waals surface area contributed by atoms with Crippen LogP contribution in [0.15, 0.2) is 0 Å². The summed E-state index contributed by atoms with van der Waals surface area (Å²) in [6.07, 6.45) is 9.08. The zero-order chi connectivity index (χ0) is 15.7. The van der Waals surface area contributed by atoms with Gasteiger partial charge in [-0.1, -0.05) is 45.4 Å². The number of hydrogen-bond acceptors (Lipinski definition) is 3. The van der Waals surface area contributed by atoms with E-state index in [0.717, 1.165) is 19.3 Å². The first-order valence-electron chi connectivity index (χ1n) is 8.17. The molecule has 1 fully saturated rings. The van der Waals surface area contributed by atoms with Gasteiger partial charge >= 0.3 is 0 Å². The van der Waals surface area contributed by atoms with E-state index < -0.39 is 11.9 Å². The van der Waals surface area contributed by atoms with Crippen LogP contribution in [0, 0.1) is 11.8 Å². The molecule has 122 valence electrons. The molecule has 1 saturated carbocycles. The van der Waals surface area contributed by atoms with Gasteiger partial charge in [-0.15, -0.1) is 0 Å². The van der Waals surface area contributed by atoms with Gasteiger partial charge in [0.25, 0.3) is 0 Å². The third kappa shape index (κ3) is 6.46. The minimum absolute atomic E-state index is 0.0168. The van der Waals surface area contributed by atoms with Gasteiger partial charge in [0.15, 0.2) is 0 Å². The first-order chi connectivity index (χ1) is 10.1. The Hall–Kier alpha value is -1.10. The van der Waals surface area contributed by atoms with Gasteiger partial charge in [0.2, 0.25) is 11.8 Å². The van der Waals surface area contributed by atoms with Crippen molar-refractivity contribution in [1.29, 1.82) is 0 Å². The van der Waals surface area contributed by atoms with Crippen LogP contribution in [0.25, 0.3) is 0 Å². The van der Waals surface area contributed by atoms with E-state index in [1.807, 2.05) is 0 Å². The molecule has 0 bridgehead atoms. The Kier molecular flexibility index (Phi) is 8.35. The second kappa shape index (κ2) is 9.77. The summed E-state index contributed by atoms with van der Waals surface area (Å²) in [6.45, 7) is 2.21. The maximum atomic E-state index is 12.4. The second-order valence-electron chi connectivity index (χ2n) is 6.14. The summed E-state index contributed by atoms with van der Waals surface area (Å²) < 4.78 is 4.94. The van der Waals surface area contributed by atoms with Gasteiger partial charge in [0.05, 0.1) is 6.61 Å². The van der Waals surface area contributed by atoms with Crippen molar-refractivity contribution in [2.75, 3.05) is 13.7 Å². The number of carbonyl (C=O) groups excluding carboxylic acids is 2. The van der Waals surface area contributed by atoms with Gasteiger partial charge in [0.1, 0.15) is 6.04 Å². The van der Waals surface area contributed by atoms with Crippen LogP contribution in [-0.4, -0.2) is 31.6 Å². The molecule has 5 heteroatoms. The predicted octanol–water partition coefficient (Wildman–Crippen LogP) is 1.99. The molecular formula is C16H30N2O3. The molecule has 0 aromatic carbocycles. The fourth-order valence-corrected chi connectivity index (χ4v) is 3.18. The quantitative estimate of drug-likeness (QED) is 0.683. The molecule has 2 amide bonds. The van der Waals surface area contributed by atoms with E-state index in [9.17, 15) is 9.59 Å². The Morgan fingerprint density at radius 3 is 2.48 bits per heavy atom. The average Bonchev–Trinajstić information content (AvgIpc) is 2.47. The van der Waals surface area contributed by atoms with Crippen molar-refractivity contribution >= 4 is 11.8 Å². The second-order valence-corrected chi connectivity index (χ2v) is 6.14. The molecule has 1 aliphatic rings. The number of primary amides is 1. The maximum absolute atomic E-state index is 12.4. The highest BCUT2D eigenvalue weighted by Gasteiger charge is 2.26. The van der Waals surface area contributed by atoms with E-state index in [4.69, 9.17) is 10.5 Å². The molecule has 0 aromatic rings. The fourth-order valence-electron chi connectivity index (χ4n) is 3.18. The molecule has 0 unspecified atom stereocenters. The number of amides is 2. The summed E-state index contributed by atoms with van der Waals surface area (Å²) in [5, 5.41) is 2.75. The molecule has 0 aliphatic heterocycles. The Balaban J connectivity index is 2.56. The monoisotopic (exact) mass is 298 g/mol. The minimum atomic E-state index is -0.729. The maximum Gasteiger partial charge on any atom is 0.242 e. The van der Waals surface area contributed by atoms with E-state index in [-0.39, 0.29) is 18.4 Å². The Morgan fingerprint density at radius 2 is 1.95 bits per heavy atom. The van der Waals surface area contributed by atoms with E-state index in [0.29, 0.717) is 5.92 Å². The number of methoxy groups -OCH3 is 1. The molecule has 21 heavy (non-hydrogen) atoms. The van der Waals surface area contributed by atoms with Crippen molar-refractivity contribution in [3.8, 4) is 0 Å². The zero-order valence-corrected chi connectivity index (χ0v) is 13.4. The normalized spacial score (nSPS) is 19.0. The highest BCUT2D eigenvalue weighted by molar-refractivity contribution is 5.87. The van der Waals surface area contributed by atoms with Gasteiger partial charge in [-0.3, -0.25) is 9.59 Å². The molecule has 2 atom stereocenters. The highest BCUT2D eigenvalue weighted by atomic mass is 16.5. The highest BCUT2D eigenvalue weighted by Crippen LogP contribution is 2.30. The zero-order valence-electron chi connectivity index (χ0n) is 13.4. The topological polar surface area (TPSA) is 81.4 Å². The van der Waals surface area contributed by atoms with Crippen molar-refractivity contribution < 1.29 is 14.3 Å². The van der Waals surface area contributed by atoms with Crippen LogP contribution in [-0.2, 0) is 14.3 Å². The van der Waals surface area contributed by atoms with E-state index in [1.54, 1.807) is 0 Å². The van der Waals surface area contributed by atoms with Crippen LogP contribution in [0.1, 0.15) is 58.3 Å². The minimum Gasteiger partial charge on any atom is -0.382 e. The number of carbonyl (C=O) groups is 2. The number of rotatable bonds is 9. The molecule has 3 N–H and O–H groups in total. The Bertz CT molecular complexity index is 327. The summed E-state index contributed by atoms with van der Waals surface area (Å²) in [4.78, 5) is 23.7. The Morgan fingerprint density at radius 1 is 1.29 bits per heavy atom. The van der Waals surface area contributed by atoms with Gasteiger partial charge in [-0.05, 0) is 18.8 Å². The van der Waals surface area contributed by atoms with Crippen LogP contribution in [0.3, 0.4) is 0 Å².